The number of carbonyl (C=O) groups is 1. The zero-order chi connectivity index (χ0) is 12.7. The van der Waals surface area contributed by atoms with E-state index in [0.29, 0.717) is 30.3 Å². The van der Waals surface area contributed by atoms with Crippen LogP contribution in [-0.4, -0.2) is 19.0 Å². The minimum atomic E-state index is -0.237. The van der Waals surface area contributed by atoms with Crippen molar-refractivity contribution in [2.24, 2.45) is 0 Å². The maximum atomic E-state index is 11.7. The van der Waals surface area contributed by atoms with Gasteiger partial charge >= 0.3 is 0 Å². The molecule has 0 aliphatic carbocycles. The molecule has 1 aromatic rings. The highest BCUT2D eigenvalue weighted by atomic mass is 16.5. The topological polar surface area (TPSA) is 59.3 Å². The quantitative estimate of drug-likeness (QED) is 0.708. The predicted molar refractivity (Wildman–Crippen MR) is 63.3 cm³/mol. The highest BCUT2D eigenvalue weighted by Gasteiger charge is 2.13. The normalized spacial score (nSPS) is 9.47. The van der Waals surface area contributed by atoms with E-state index < -0.39 is 0 Å². The molecule has 0 saturated heterocycles. The molecule has 0 heterocycles. The number of ketones is 1. The largest absolute Gasteiger partial charge is 0.494 e. The molecule has 0 atom stereocenters. The van der Waals surface area contributed by atoms with Gasteiger partial charge < -0.3 is 9.47 Å². The van der Waals surface area contributed by atoms with Crippen LogP contribution in [0.3, 0.4) is 0 Å². The fourth-order valence-electron chi connectivity index (χ4n) is 1.43. The lowest BCUT2D eigenvalue weighted by molar-refractivity contribution is 0.0994. The summed E-state index contributed by atoms with van der Waals surface area (Å²) in [4.78, 5) is 11.7. The standard InChI is InChI=1S/C13H15NO3/c1-3-16-10-5-6-11(12(15)7-8-14)13(9-10)17-4-2/h5-6,9H,3-4,7H2,1-2H3. The number of hydrogen-bond donors (Lipinski definition) is 0. The third-order valence-electron chi connectivity index (χ3n) is 2.10. The zero-order valence-corrected chi connectivity index (χ0v) is 10.0. The molecule has 0 amide bonds. The van der Waals surface area contributed by atoms with Crippen molar-refractivity contribution in [1.82, 2.24) is 0 Å². The van der Waals surface area contributed by atoms with Gasteiger partial charge in [0.1, 0.15) is 11.5 Å². The Hall–Kier alpha value is -2.02. The predicted octanol–water partition coefficient (Wildman–Crippen LogP) is 2.58. The highest BCUT2D eigenvalue weighted by molar-refractivity contribution is 6.00. The van der Waals surface area contributed by atoms with Crippen molar-refractivity contribution in [3.8, 4) is 17.6 Å². The van der Waals surface area contributed by atoms with Gasteiger partial charge in [-0.05, 0) is 26.0 Å². The Bertz CT molecular complexity index is 435. The van der Waals surface area contributed by atoms with Gasteiger partial charge in [0.15, 0.2) is 5.78 Å². The molecule has 0 radical (unpaired) electrons. The average molecular weight is 233 g/mol. The van der Waals surface area contributed by atoms with Gasteiger partial charge in [-0.1, -0.05) is 0 Å². The molecule has 0 N–H and O–H groups in total. The lowest BCUT2D eigenvalue weighted by atomic mass is 10.1. The number of nitrogens with zero attached hydrogens (tertiary/aromatic N) is 1. The third kappa shape index (κ3) is 3.49. The minimum absolute atomic E-state index is 0.145. The first-order valence-electron chi connectivity index (χ1n) is 5.52. The van der Waals surface area contributed by atoms with Crippen LogP contribution in [-0.2, 0) is 0 Å². The van der Waals surface area contributed by atoms with Crippen molar-refractivity contribution in [2.75, 3.05) is 13.2 Å². The molecule has 17 heavy (non-hydrogen) atoms. The van der Waals surface area contributed by atoms with E-state index in [9.17, 15) is 4.79 Å². The summed E-state index contributed by atoms with van der Waals surface area (Å²) in [6.45, 7) is 4.74. The number of hydrogen-bond acceptors (Lipinski definition) is 4. The van der Waals surface area contributed by atoms with Crippen LogP contribution in [0.5, 0.6) is 11.5 Å². The Labute approximate surface area is 101 Å². The highest BCUT2D eigenvalue weighted by Crippen LogP contribution is 2.26. The SMILES string of the molecule is CCOc1ccc(C(=O)CC#N)c(OCC)c1. The Balaban J connectivity index is 3.04. The van der Waals surface area contributed by atoms with Gasteiger partial charge in [-0.2, -0.15) is 5.26 Å². The molecular weight excluding hydrogens is 218 g/mol. The van der Waals surface area contributed by atoms with E-state index in [1.807, 2.05) is 19.9 Å². The molecule has 0 aromatic heterocycles. The molecule has 0 saturated carbocycles. The lowest BCUT2D eigenvalue weighted by Crippen LogP contribution is -2.04. The van der Waals surface area contributed by atoms with Crippen molar-refractivity contribution in [1.29, 1.82) is 5.26 Å². The number of nitriles is 1. The van der Waals surface area contributed by atoms with Crippen molar-refractivity contribution in [2.45, 2.75) is 20.3 Å². The molecule has 0 bridgehead atoms. The molecule has 0 unspecified atom stereocenters. The summed E-state index contributed by atoms with van der Waals surface area (Å²) < 4.78 is 10.7. The van der Waals surface area contributed by atoms with Crippen LogP contribution < -0.4 is 9.47 Å². The van der Waals surface area contributed by atoms with Gasteiger partial charge in [0.25, 0.3) is 0 Å². The molecule has 0 spiro atoms. The first-order valence-corrected chi connectivity index (χ1v) is 5.52. The molecule has 4 nitrogen and oxygen atoms in total. The molecule has 0 fully saturated rings. The minimum Gasteiger partial charge on any atom is -0.494 e. The van der Waals surface area contributed by atoms with Crippen LogP contribution in [0.15, 0.2) is 18.2 Å². The van der Waals surface area contributed by atoms with Gasteiger partial charge in [-0.15, -0.1) is 0 Å². The maximum absolute atomic E-state index is 11.7. The fourth-order valence-corrected chi connectivity index (χ4v) is 1.43. The van der Waals surface area contributed by atoms with E-state index >= 15 is 0 Å². The Kier molecular flexibility index (Phi) is 5.02. The first kappa shape index (κ1) is 13.0. The van der Waals surface area contributed by atoms with Crippen LogP contribution in [0.2, 0.25) is 0 Å². The molecule has 90 valence electrons. The molecule has 1 rings (SSSR count). The van der Waals surface area contributed by atoms with Crippen LogP contribution in [0.25, 0.3) is 0 Å². The Morgan fingerprint density at radius 2 is 2.00 bits per heavy atom. The summed E-state index contributed by atoms with van der Waals surface area (Å²) in [5.41, 5.74) is 0.428. The number of carbonyl (C=O) groups excluding carboxylic acids is 1. The van der Waals surface area contributed by atoms with Crippen molar-refractivity contribution < 1.29 is 14.3 Å². The summed E-state index contributed by atoms with van der Waals surface area (Å²) in [6, 6.07) is 6.86. The second-order valence-electron chi connectivity index (χ2n) is 3.28. The van der Waals surface area contributed by atoms with Crippen molar-refractivity contribution >= 4 is 5.78 Å². The van der Waals surface area contributed by atoms with Crippen LogP contribution in [0.1, 0.15) is 30.6 Å². The number of ether oxygens (including phenoxy) is 2. The summed E-state index contributed by atoms with van der Waals surface area (Å²) in [5, 5.41) is 8.52. The van der Waals surface area contributed by atoms with E-state index in [1.54, 1.807) is 18.2 Å². The molecule has 4 heteroatoms. The summed E-state index contributed by atoms with van der Waals surface area (Å²) in [6.07, 6.45) is -0.145. The van der Waals surface area contributed by atoms with Gasteiger partial charge in [0.2, 0.25) is 0 Å². The Morgan fingerprint density at radius 1 is 1.29 bits per heavy atom. The van der Waals surface area contributed by atoms with E-state index in [-0.39, 0.29) is 12.2 Å². The molecule has 0 aliphatic rings. The Morgan fingerprint density at radius 3 is 2.59 bits per heavy atom. The van der Waals surface area contributed by atoms with E-state index in [4.69, 9.17) is 14.7 Å². The first-order chi connectivity index (χ1) is 8.22. The van der Waals surface area contributed by atoms with Crippen LogP contribution in [0.4, 0.5) is 0 Å². The second-order valence-corrected chi connectivity index (χ2v) is 3.28. The summed E-state index contributed by atoms with van der Waals surface area (Å²) >= 11 is 0. The average Bonchev–Trinajstić information content (AvgIpc) is 2.30. The number of Topliss-reactive ketones (excluding diaryl/α,β-unsaturated/α-hetero) is 1. The lowest BCUT2D eigenvalue weighted by Gasteiger charge is -2.10. The number of rotatable bonds is 6. The van der Waals surface area contributed by atoms with E-state index in [1.165, 1.54) is 0 Å². The van der Waals surface area contributed by atoms with Gasteiger partial charge in [0.05, 0.1) is 31.3 Å². The van der Waals surface area contributed by atoms with E-state index in [2.05, 4.69) is 0 Å². The third-order valence-corrected chi connectivity index (χ3v) is 2.10. The smallest absolute Gasteiger partial charge is 0.180 e. The molecule has 0 aliphatic heterocycles. The molecule has 1 aromatic carbocycles. The van der Waals surface area contributed by atoms with Gasteiger partial charge in [0, 0.05) is 6.07 Å². The van der Waals surface area contributed by atoms with E-state index in [0.717, 1.165) is 0 Å². The van der Waals surface area contributed by atoms with Crippen LogP contribution in [0, 0.1) is 11.3 Å². The summed E-state index contributed by atoms with van der Waals surface area (Å²) in [5.74, 6) is 0.891. The van der Waals surface area contributed by atoms with Crippen molar-refractivity contribution in [3.63, 3.8) is 0 Å². The van der Waals surface area contributed by atoms with Gasteiger partial charge in [-0.25, -0.2) is 0 Å². The number of benzene rings is 1. The zero-order valence-electron chi connectivity index (χ0n) is 10.0. The fraction of sp³-hybridized carbons (Fsp3) is 0.385. The van der Waals surface area contributed by atoms with Crippen LogP contribution >= 0.6 is 0 Å². The monoisotopic (exact) mass is 233 g/mol. The molecular formula is C13H15NO3. The van der Waals surface area contributed by atoms with Gasteiger partial charge in [-0.3, -0.25) is 4.79 Å². The second kappa shape index (κ2) is 6.54. The maximum Gasteiger partial charge on any atom is 0.180 e. The summed E-state index contributed by atoms with van der Waals surface area (Å²) in [7, 11) is 0. The van der Waals surface area contributed by atoms with Crippen molar-refractivity contribution in [3.05, 3.63) is 23.8 Å².